The molecule has 0 aromatic rings. The molecule has 0 aromatic heterocycles. The first-order chi connectivity index (χ1) is 7.62. The van der Waals surface area contributed by atoms with E-state index < -0.39 is 0 Å². The van der Waals surface area contributed by atoms with Crippen LogP contribution >= 0.6 is 0 Å². The van der Waals surface area contributed by atoms with Crippen molar-refractivity contribution in [3.05, 3.63) is 12.8 Å². The van der Waals surface area contributed by atoms with Crippen LogP contribution < -0.4 is 5.32 Å². The van der Waals surface area contributed by atoms with E-state index in [0.717, 1.165) is 32.6 Å². The van der Waals surface area contributed by atoms with Crippen LogP contribution in [0.25, 0.3) is 0 Å². The van der Waals surface area contributed by atoms with Gasteiger partial charge in [0.2, 0.25) is 0 Å². The third-order valence-corrected chi connectivity index (χ3v) is 3.49. The van der Waals surface area contributed by atoms with Crippen LogP contribution in [0, 0.1) is 5.41 Å². The van der Waals surface area contributed by atoms with Crippen molar-refractivity contribution < 1.29 is 9.47 Å². The van der Waals surface area contributed by atoms with Crippen molar-refractivity contribution in [3.63, 3.8) is 0 Å². The van der Waals surface area contributed by atoms with Gasteiger partial charge in [-0.1, -0.05) is 20.4 Å². The third-order valence-electron chi connectivity index (χ3n) is 3.49. The summed E-state index contributed by atoms with van der Waals surface area (Å²) >= 11 is 0. The number of hydrogen-bond acceptors (Lipinski definition) is 3. The zero-order valence-electron chi connectivity index (χ0n) is 10.8. The fraction of sp³-hybridized carbons (Fsp3) is 0.846. The number of rotatable bonds is 8. The molecule has 94 valence electrons. The molecule has 0 spiro atoms. The molecule has 2 unspecified atom stereocenters. The lowest BCUT2D eigenvalue weighted by molar-refractivity contribution is -0.114. The van der Waals surface area contributed by atoms with E-state index in [1.807, 2.05) is 0 Å². The standard InChI is InChI=1S/C13H25NO2/c1-5-15-9-7-8-14-11-10-12(16-6-2)13(11,3)4/h5,11-12,14H,1,6-10H2,2-4H3. The van der Waals surface area contributed by atoms with Gasteiger partial charge in [-0.3, -0.25) is 0 Å². The maximum Gasteiger partial charge on any atom is 0.0885 e. The van der Waals surface area contributed by atoms with E-state index in [4.69, 9.17) is 9.47 Å². The zero-order valence-corrected chi connectivity index (χ0v) is 10.8. The predicted molar refractivity (Wildman–Crippen MR) is 66.4 cm³/mol. The van der Waals surface area contributed by atoms with E-state index >= 15 is 0 Å². The Hall–Kier alpha value is -0.540. The normalized spacial score (nSPS) is 27.2. The summed E-state index contributed by atoms with van der Waals surface area (Å²) in [5.41, 5.74) is 0.259. The molecule has 16 heavy (non-hydrogen) atoms. The molecular weight excluding hydrogens is 202 g/mol. The van der Waals surface area contributed by atoms with Crippen LogP contribution in [0.3, 0.4) is 0 Å². The maximum absolute atomic E-state index is 5.69. The molecule has 0 amide bonds. The first-order valence-corrected chi connectivity index (χ1v) is 6.20. The minimum atomic E-state index is 0.259. The Balaban J connectivity index is 2.13. The van der Waals surface area contributed by atoms with Crippen molar-refractivity contribution >= 4 is 0 Å². The van der Waals surface area contributed by atoms with Gasteiger partial charge in [-0.25, -0.2) is 0 Å². The Morgan fingerprint density at radius 3 is 2.81 bits per heavy atom. The molecule has 1 aliphatic carbocycles. The number of hydrogen-bond donors (Lipinski definition) is 1. The number of ether oxygens (including phenoxy) is 2. The van der Waals surface area contributed by atoms with Gasteiger partial charge in [0.05, 0.1) is 19.0 Å². The molecular formula is C13H25NO2. The lowest BCUT2D eigenvalue weighted by Crippen LogP contribution is -2.61. The Bertz CT molecular complexity index is 216. The topological polar surface area (TPSA) is 30.5 Å². The van der Waals surface area contributed by atoms with Gasteiger partial charge >= 0.3 is 0 Å². The van der Waals surface area contributed by atoms with Crippen LogP contribution in [-0.4, -0.2) is 31.9 Å². The van der Waals surface area contributed by atoms with Crippen LogP contribution in [0.1, 0.15) is 33.6 Å². The Labute approximate surface area is 99.2 Å². The predicted octanol–water partition coefficient (Wildman–Crippen LogP) is 2.33. The van der Waals surface area contributed by atoms with Crippen molar-refractivity contribution in [3.8, 4) is 0 Å². The average molecular weight is 227 g/mol. The number of nitrogens with one attached hydrogen (secondary N) is 1. The Morgan fingerprint density at radius 1 is 1.50 bits per heavy atom. The molecule has 1 aliphatic rings. The average Bonchev–Trinajstić information content (AvgIpc) is 2.26. The molecule has 1 rings (SSSR count). The van der Waals surface area contributed by atoms with Gasteiger partial charge in [0, 0.05) is 18.1 Å². The van der Waals surface area contributed by atoms with Crippen molar-refractivity contribution in [2.24, 2.45) is 5.41 Å². The van der Waals surface area contributed by atoms with Gasteiger partial charge in [-0.2, -0.15) is 0 Å². The molecule has 0 saturated heterocycles. The molecule has 0 aliphatic heterocycles. The SMILES string of the molecule is C=COCCCNC1CC(OCC)C1(C)C. The first-order valence-electron chi connectivity index (χ1n) is 6.20. The molecule has 1 saturated carbocycles. The maximum atomic E-state index is 5.69. The monoisotopic (exact) mass is 227 g/mol. The van der Waals surface area contributed by atoms with Crippen LogP contribution in [0.5, 0.6) is 0 Å². The fourth-order valence-corrected chi connectivity index (χ4v) is 2.23. The third kappa shape index (κ3) is 3.22. The second-order valence-electron chi connectivity index (χ2n) is 4.90. The molecule has 0 radical (unpaired) electrons. The van der Waals surface area contributed by atoms with E-state index in [1.54, 1.807) is 0 Å². The van der Waals surface area contributed by atoms with E-state index in [9.17, 15) is 0 Å². The Morgan fingerprint density at radius 2 is 2.25 bits per heavy atom. The summed E-state index contributed by atoms with van der Waals surface area (Å²) in [5, 5.41) is 3.56. The summed E-state index contributed by atoms with van der Waals surface area (Å²) in [6, 6.07) is 0.577. The van der Waals surface area contributed by atoms with Crippen molar-refractivity contribution in [1.82, 2.24) is 5.32 Å². The molecule has 0 heterocycles. The molecule has 0 bridgehead atoms. The van der Waals surface area contributed by atoms with Gasteiger partial charge in [0.25, 0.3) is 0 Å². The van der Waals surface area contributed by atoms with Gasteiger partial charge in [-0.05, 0) is 26.3 Å². The molecule has 1 N–H and O–H groups in total. The molecule has 1 fully saturated rings. The van der Waals surface area contributed by atoms with Crippen LogP contribution in [0.15, 0.2) is 12.8 Å². The van der Waals surface area contributed by atoms with Crippen LogP contribution in [0.2, 0.25) is 0 Å². The molecule has 3 heteroatoms. The van der Waals surface area contributed by atoms with Crippen molar-refractivity contribution in [2.75, 3.05) is 19.8 Å². The molecule has 0 aromatic carbocycles. The van der Waals surface area contributed by atoms with Gasteiger partial charge in [-0.15, -0.1) is 0 Å². The van der Waals surface area contributed by atoms with E-state index in [1.165, 1.54) is 6.26 Å². The highest BCUT2D eigenvalue weighted by Crippen LogP contribution is 2.42. The quantitative estimate of drug-likeness (QED) is 0.510. The molecule has 3 nitrogen and oxygen atoms in total. The highest BCUT2D eigenvalue weighted by Gasteiger charge is 2.48. The molecule has 2 atom stereocenters. The largest absolute Gasteiger partial charge is 0.502 e. The van der Waals surface area contributed by atoms with E-state index in [-0.39, 0.29) is 5.41 Å². The minimum Gasteiger partial charge on any atom is -0.502 e. The zero-order chi connectivity index (χ0) is 12.0. The summed E-state index contributed by atoms with van der Waals surface area (Å²) in [7, 11) is 0. The first kappa shape index (κ1) is 13.5. The second-order valence-corrected chi connectivity index (χ2v) is 4.90. The van der Waals surface area contributed by atoms with Gasteiger partial charge < -0.3 is 14.8 Å². The van der Waals surface area contributed by atoms with Crippen molar-refractivity contribution in [2.45, 2.75) is 45.8 Å². The summed E-state index contributed by atoms with van der Waals surface area (Å²) in [5.74, 6) is 0. The van der Waals surface area contributed by atoms with Crippen LogP contribution in [0.4, 0.5) is 0 Å². The van der Waals surface area contributed by atoms with Gasteiger partial charge in [0.15, 0.2) is 0 Å². The highest BCUT2D eigenvalue weighted by atomic mass is 16.5. The van der Waals surface area contributed by atoms with E-state index in [2.05, 4.69) is 32.7 Å². The fourth-order valence-electron chi connectivity index (χ4n) is 2.23. The van der Waals surface area contributed by atoms with Crippen LogP contribution in [-0.2, 0) is 9.47 Å². The summed E-state index contributed by atoms with van der Waals surface area (Å²) in [6.07, 6.45) is 4.07. The minimum absolute atomic E-state index is 0.259. The second kappa shape index (κ2) is 6.26. The lowest BCUT2D eigenvalue weighted by atomic mass is 9.64. The van der Waals surface area contributed by atoms with Crippen molar-refractivity contribution in [1.29, 1.82) is 0 Å². The smallest absolute Gasteiger partial charge is 0.0885 e. The van der Waals surface area contributed by atoms with Gasteiger partial charge in [0.1, 0.15) is 0 Å². The lowest BCUT2D eigenvalue weighted by Gasteiger charge is -2.52. The summed E-state index contributed by atoms with van der Waals surface area (Å²) in [6.45, 7) is 12.7. The summed E-state index contributed by atoms with van der Waals surface area (Å²) < 4.78 is 10.8. The Kier molecular flexibility index (Phi) is 5.29. The highest BCUT2D eigenvalue weighted by molar-refractivity contribution is 5.02. The van der Waals surface area contributed by atoms with E-state index in [0.29, 0.717) is 12.1 Å². The summed E-state index contributed by atoms with van der Waals surface area (Å²) in [4.78, 5) is 0.